The lowest BCUT2D eigenvalue weighted by Crippen LogP contribution is -2.23. The van der Waals surface area contributed by atoms with Gasteiger partial charge in [0.15, 0.2) is 0 Å². The van der Waals surface area contributed by atoms with E-state index in [4.69, 9.17) is 20.9 Å². The summed E-state index contributed by atoms with van der Waals surface area (Å²) in [5, 5.41) is 7.21. The van der Waals surface area contributed by atoms with E-state index in [1.165, 1.54) is 0 Å². The van der Waals surface area contributed by atoms with Crippen molar-refractivity contribution in [3.63, 3.8) is 0 Å². The van der Waals surface area contributed by atoms with Crippen molar-refractivity contribution in [3.8, 4) is 11.4 Å². The van der Waals surface area contributed by atoms with E-state index >= 15 is 0 Å². The van der Waals surface area contributed by atoms with Crippen LogP contribution in [0.3, 0.4) is 0 Å². The lowest BCUT2D eigenvalue weighted by atomic mass is 10.2. The Hall–Kier alpha value is -1.92. The fourth-order valence-corrected chi connectivity index (χ4v) is 2.00. The van der Waals surface area contributed by atoms with Gasteiger partial charge in [-0.05, 0) is 25.5 Å². The number of halogens is 1. The molecule has 0 atom stereocenters. The van der Waals surface area contributed by atoms with Crippen molar-refractivity contribution < 1.29 is 14.1 Å². The topological polar surface area (TPSA) is 77.2 Å². The first kappa shape index (κ1) is 16.5. The number of hydrogen-bond acceptors (Lipinski definition) is 5. The van der Waals surface area contributed by atoms with Crippen LogP contribution in [0.1, 0.15) is 25.7 Å². The number of amides is 1. The molecule has 0 radical (unpaired) electrons. The zero-order chi connectivity index (χ0) is 15.8. The van der Waals surface area contributed by atoms with Crippen LogP contribution in [0.5, 0.6) is 0 Å². The molecule has 1 aromatic heterocycles. The Labute approximate surface area is 133 Å². The van der Waals surface area contributed by atoms with Crippen molar-refractivity contribution in [1.29, 1.82) is 0 Å². The van der Waals surface area contributed by atoms with Crippen molar-refractivity contribution in [2.75, 3.05) is 13.2 Å². The van der Waals surface area contributed by atoms with E-state index in [0.29, 0.717) is 42.8 Å². The fraction of sp³-hybridized carbons (Fsp3) is 0.400. The second-order valence-corrected chi connectivity index (χ2v) is 5.04. The molecule has 0 aliphatic rings. The van der Waals surface area contributed by atoms with Gasteiger partial charge >= 0.3 is 0 Å². The van der Waals surface area contributed by atoms with E-state index in [1.54, 1.807) is 12.1 Å². The highest BCUT2D eigenvalue weighted by Gasteiger charge is 2.10. The molecule has 118 valence electrons. The highest BCUT2D eigenvalue weighted by molar-refractivity contribution is 6.30. The molecule has 0 aliphatic heterocycles. The van der Waals surface area contributed by atoms with Crippen LogP contribution in [0.25, 0.3) is 11.4 Å². The monoisotopic (exact) mass is 323 g/mol. The standard InChI is InChI=1S/C15H18ClN3O3/c1-2-21-8-4-7-13(20)17-10-14-18-15(19-22-14)11-5-3-6-12(16)9-11/h3,5-6,9H,2,4,7-8,10H2,1H3,(H,17,20). The Morgan fingerprint density at radius 1 is 1.45 bits per heavy atom. The second kappa shape index (κ2) is 8.51. The third-order valence-electron chi connectivity index (χ3n) is 2.88. The second-order valence-electron chi connectivity index (χ2n) is 4.60. The summed E-state index contributed by atoms with van der Waals surface area (Å²) in [4.78, 5) is 15.9. The lowest BCUT2D eigenvalue weighted by molar-refractivity contribution is -0.121. The molecule has 0 bridgehead atoms. The number of rotatable bonds is 8. The van der Waals surface area contributed by atoms with Gasteiger partial charge in [-0.15, -0.1) is 0 Å². The molecule has 2 aromatic rings. The fourth-order valence-electron chi connectivity index (χ4n) is 1.81. The van der Waals surface area contributed by atoms with E-state index in [2.05, 4.69) is 15.5 Å². The van der Waals surface area contributed by atoms with E-state index in [9.17, 15) is 4.79 Å². The summed E-state index contributed by atoms with van der Waals surface area (Å²) in [5.41, 5.74) is 0.769. The predicted octanol–water partition coefficient (Wildman–Crippen LogP) is 2.82. The minimum absolute atomic E-state index is 0.0674. The maximum atomic E-state index is 11.6. The molecule has 6 nitrogen and oxygen atoms in total. The first-order chi connectivity index (χ1) is 10.7. The first-order valence-electron chi connectivity index (χ1n) is 7.12. The highest BCUT2D eigenvalue weighted by Crippen LogP contribution is 2.19. The molecule has 0 spiro atoms. The molecule has 2 rings (SSSR count). The summed E-state index contributed by atoms with van der Waals surface area (Å²) >= 11 is 5.92. The minimum Gasteiger partial charge on any atom is -0.382 e. The van der Waals surface area contributed by atoms with E-state index in [0.717, 1.165) is 5.56 Å². The molecule has 22 heavy (non-hydrogen) atoms. The third kappa shape index (κ3) is 5.13. The van der Waals surface area contributed by atoms with Crippen LogP contribution in [0.2, 0.25) is 5.02 Å². The zero-order valence-corrected chi connectivity index (χ0v) is 13.1. The largest absolute Gasteiger partial charge is 0.382 e. The molecule has 7 heteroatoms. The van der Waals surface area contributed by atoms with Gasteiger partial charge in [-0.2, -0.15) is 4.98 Å². The van der Waals surface area contributed by atoms with Gasteiger partial charge in [-0.1, -0.05) is 28.9 Å². The molecule has 1 heterocycles. The van der Waals surface area contributed by atoms with Crippen LogP contribution in [-0.4, -0.2) is 29.3 Å². The molecule has 1 aromatic carbocycles. The number of carbonyl (C=O) groups is 1. The van der Waals surface area contributed by atoms with Gasteiger partial charge in [0.1, 0.15) is 0 Å². The van der Waals surface area contributed by atoms with Crippen molar-refractivity contribution in [2.45, 2.75) is 26.3 Å². The average Bonchev–Trinajstić information content (AvgIpc) is 2.98. The smallest absolute Gasteiger partial charge is 0.246 e. The SMILES string of the molecule is CCOCCCC(=O)NCc1nc(-c2cccc(Cl)c2)no1. The minimum atomic E-state index is -0.0674. The van der Waals surface area contributed by atoms with Gasteiger partial charge in [-0.25, -0.2) is 0 Å². The van der Waals surface area contributed by atoms with Gasteiger partial charge in [0.25, 0.3) is 0 Å². The molecule has 0 saturated carbocycles. The van der Waals surface area contributed by atoms with E-state index in [-0.39, 0.29) is 12.5 Å². The molecular formula is C15H18ClN3O3. The summed E-state index contributed by atoms with van der Waals surface area (Å²) < 4.78 is 10.3. The Balaban J connectivity index is 1.81. The molecular weight excluding hydrogens is 306 g/mol. The summed E-state index contributed by atoms with van der Waals surface area (Å²) in [6.45, 7) is 3.38. The zero-order valence-electron chi connectivity index (χ0n) is 12.3. The van der Waals surface area contributed by atoms with Gasteiger partial charge in [-0.3, -0.25) is 4.79 Å². The summed E-state index contributed by atoms with van der Waals surface area (Å²) in [5.74, 6) is 0.735. The molecule has 0 aliphatic carbocycles. The van der Waals surface area contributed by atoms with Crippen molar-refractivity contribution in [3.05, 3.63) is 35.2 Å². The third-order valence-corrected chi connectivity index (χ3v) is 3.12. The Morgan fingerprint density at radius 2 is 2.32 bits per heavy atom. The average molecular weight is 324 g/mol. The van der Waals surface area contributed by atoms with Crippen molar-refractivity contribution in [2.24, 2.45) is 0 Å². The number of ether oxygens (including phenoxy) is 1. The quantitative estimate of drug-likeness (QED) is 0.756. The Morgan fingerprint density at radius 3 is 3.09 bits per heavy atom. The van der Waals surface area contributed by atoms with E-state index < -0.39 is 0 Å². The number of nitrogens with one attached hydrogen (secondary N) is 1. The van der Waals surface area contributed by atoms with Gasteiger partial charge < -0.3 is 14.6 Å². The summed E-state index contributed by atoms with van der Waals surface area (Å²) in [7, 11) is 0. The van der Waals surface area contributed by atoms with E-state index in [1.807, 2.05) is 19.1 Å². The highest BCUT2D eigenvalue weighted by atomic mass is 35.5. The van der Waals surface area contributed by atoms with Crippen LogP contribution in [0.4, 0.5) is 0 Å². The van der Waals surface area contributed by atoms with Gasteiger partial charge in [0.2, 0.25) is 17.6 Å². The number of nitrogens with zero attached hydrogens (tertiary/aromatic N) is 2. The molecule has 1 N–H and O–H groups in total. The van der Waals surface area contributed by atoms with Crippen LogP contribution in [0, 0.1) is 0 Å². The number of benzene rings is 1. The Bertz CT molecular complexity index is 616. The van der Waals surface area contributed by atoms with Crippen molar-refractivity contribution >= 4 is 17.5 Å². The molecule has 0 saturated heterocycles. The number of hydrogen-bond donors (Lipinski definition) is 1. The van der Waals surface area contributed by atoms with Gasteiger partial charge in [0, 0.05) is 30.2 Å². The van der Waals surface area contributed by atoms with Crippen LogP contribution in [-0.2, 0) is 16.1 Å². The van der Waals surface area contributed by atoms with Crippen molar-refractivity contribution in [1.82, 2.24) is 15.5 Å². The lowest BCUT2D eigenvalue weighted by Gasteiger charge is -2.02. The van der Waals surface area contributed by atoms with Gasteiger partial charge in [0.05, 0.1) is 6.54 Å². The van der Waals surface area contributed by atoms with Crippen LogP contribution >= 0.6 is 11.6 Å². The van der Waals surface area contributed by atoms with Crippen LogP contribution in [0.15, 0.2) is 28.8 Å². The maximum absolute atomic E-state index is 11.6. The molecule has 0 fully saturated rings. The summed E-state index contributed by atoms with van der Waals surface area (Å²) in [6.07, 6.45) is 1.10. The number of carbonyl (C=O) groups excluding carboxylic acids is 1. The molecule has 1 amide bonds. The normalized spacial score (nSPS) is 10.6. The molecule has 0 unspecified atom stereocenters. The number of aromatic nitrogens is 2. The predicted molar refractivity (Wildman–Crippen MR) is 82.3 cm³/mol. The Kier molecular flexibility index (Phi) is 6.36. The maximum Gasteiger partial charge on any atom is 0.246 e. The first-order valence-corrected chi connectivity index (χ1v) is 7.50. The van der Waals surface area contributed by atoms with Crippen LogP contribution < -0.4 is 5.32 Å². The summed E-state index contributed by atoms with van der Waals surface area (Å²) in [6, 6.07) is 7.18.